The summed E-state index contributed by atoms with van der Waals surface area (Å²) in [5, 5.41) is 0. The van der Waals surface area contributed by atoms with E-state index in [4.69, 9.17) is 9.47 Å². The van der Waals surface area contributed by atoms with Crippen molar-refractivity contribution in [1.29, 1.82) is 0 Å². The molecule has 5 heteroatoms. The van der Waals surface area contributed by atoms with Crippen LogP contribution in [0.5, 0.6) is 5.75 Å². The molecule has 0 radical (unpaired) electrons. The minimum absolute atomic E-state index is 0.141. The van der Waals surface area contributed by atoms with Gasteiger partial charge in [0.05, 0.1) is 12.2 Å². The van der Waals surface area contributed by atoms with Crippen LogP contribution in [0.1, 0.15) is 56.3 Å². The fraction of sp³-hybridized carbons (Fsp3) is 0.471. The molecular weight excluding hydrogens is 284 g/mol. The van der Waals surface area contributed by atoms with Crippen molar-refractivity contribution in [2.75, 3.05) is 6.61 Å². The van der Waals surface area contributed by atoms with Crippen molar-refractivity contribution < 1.29 is 23.9 Å². The molecule has 0 unspecified atom stereocenters. The van der Waals surface area contributed by atoms with E-state index in [0.29, 0.717) is 37.2 Å². The van der Waals surface area contributed by atoms with Gasteiger partial charge in [-0.25, -0.2) is 0 Å². The summed E-state index contributed by atoms with van der Waals surface area (Å²) in [7, 11) is 0. The maximum atomic E-state index is 11.8. The van der Waals surface area contributed by atoms with Crippen molar-refractivity contribution in [3.05, 3.63) is 29.8 Å². The van der Waals surface area contributed by atoms with E-state index in [1.54, 1.807) is 31.2 Å². The number of Topliss-reactive ketones (excluding diaryl/α,β-unsaturated/α-hetero) is 1. The largest absolute Gasteiger partial charge is 0.466 e. The van der Waals surface area contributed by atoms with Gasteiger partial charge in [0.15, 0.2) is 5.78 Å². The van der Waals surface area contributed by atoms with Gasteiger partial charge in [0.2, 0.25) is 0 Å². The molecule has 0 N–H and O–H groups in total. The van der Waals surface area contributed by atoms with E-state index in [0.717, 1.165) is 6.42 Å². The lowest BCUT2D eigenvalue weighted by Gasteiger charge is -2.07. The Morgan fingerprint density at radius 3 is 2.23 bits per heavy atom. The fourth-order valence-electron chi connectivity index (χ4n) is 1.97. The topological polar surface area (TPSA) is 69.7 Å². The van der Waals surface area contributed by atoms with E-state index in [1.165, 1.54) is 6.92 Å². The zero-order chi connectivity index (χ0) is 16.4. The lowest BCUT2D eigenvalue weighted by molar-refractivity contribution is -0.143. The number of hydrogen-bond acceptors (Lipinski definition) is 5. The van der Waals surface area contributed by atoms with Crippen LogP contribution >= 0.6 is 0 Å². The van der Waals surface area contributed by atoms with Gasteiger partial charge in [-0.05, 0) is 38.8 Å². The van der Waals surface area contributed by atoms with Crippen molar-refractivity contribution in [3.63, 3.8) is 0 Å². The van der Waals surface area contributed by atoms with E-state index in [2.05, 4.69) is 0 Å². The zero-order valence-corrected chi connectivity index (χ0v) is 13.1. The smallest absolute Gasteiger partial charge is 0.311 e. The fourth-order valence-corrected chi connectivity index (χ4v) is 1.97. The highest BCUT2D eigenvalue weighted by Gasteiger charge is 2.11. The molecule has 1 rings (SSSR count). The van der Waals surface area contributed by atoms with Gasteiger partial charge in [0.25, 0.3) is 0 Å². The average Bonchev–Trinajstić information content (AvgIpc) is 2.47. The second-order valence-electron chi connectivity index (χ2n) is 4.89. The third-order valence-corrected chi connectivity index (χ3v) is 3.06. The molecule has 0 saturated heterocycles. The molecule has 120 valence electrons. The number of unbranched alkanes of at least 4 members (excludes halogenated alkanes) is 2. The van der Waals surface area contributed by atoms with Crippen LogP contribution in [-0.2, 0) is 14.3 Å². The van der Waals surface area contributed by atoms with E-state index < -0.39 is 0 Å². The normalized spacial score (nSPS) is 10.1. The summed E-state index contributed by atoms with van der Waals surface area (Å²) in [5.41, 5.74) is 0.401. The van der Waals surface area contributed by atoms with Crippen LogP contribution in [0.2, 0.25) is 0 Å². The maximum Gasteiger partial charge on any atom is 0.311 e. The molecule has 0 aliphatic rings. The summed E-state index contributed by atoms with van der Waals surface area (Å²) in [6.45, 7) is 3.59. The first kappa shape index (κ1) is 17.9. The Hall–Kier alpha value is -2.17. The van der Waals surface area contributed by atoms with Crippen molar-refractivity contribution in [2.45, 2.75) is 46.0 Å². The SMILES string of the molecule is CCOC(=O)CCCCCC(=O)Oc1ccccc1C(C)=O. The molecule has 0 aliphatic carbocycles. The Kier molecular flexibility index (Phi) is 7.89. The van der Waals surface area contributed by atoms with Gasteiger partial charge in [-0.15, -0.1) is 0 Å². The standard InChI is InChI=1S/C17H22O5/c1-3-21-16(19)11-5-4-6-12-17(20)22-15-10-8-7-9-14(15)13(2)18/h7-10H,3-6,11-12H2,1-2H3. The lowest BCUT2D eigenvalue weighted by Crippen LogP contribution is -2.10. The molecule has 0 aliphatic heterocycles. The van der Waals surface area contributed by atoms with E-state index in [9.17, 15) is 14.4 Å². The molecule has 5 nitrogen and oxygen atoms in total. The molecule has 0 heterocycles. The molecule has 0 bridgehead atoms. The summed E-state index contributed by atoms with van der Waals surface area (Å²) >= 11 is 0. The maximum absolute atomic E-state index is 11.8. The van der Waals surface area contributed by atoms with Crippen LogP contribution in [0.25, 0.3) is 0 Å². The van der Waals surface area contributed by atoms with E-state index >= 15 is 0 Å². The molecule has 22 heavy (non-hydrogen) atoms. The van der Waals surface area contributed by atoms with Crippen LogP contribution < -0.4 is 4.74 Å². The number of ether oxygens (including phenoxy) is 2. The Bertz CT molecular complexity index is 522. The van der Waals surface area contributed by atoms with Gasteiger partial charge in [-0.3, -0.25) is 14.4 Å². The summed E-state index contributed by atoms with van der Waals surface area (Å²) in [6, 6.07) is 6.68. The molecule has 0 aromatic heterocycles. The highest BCUT2D eigenvalue weighted by atomic mass is 16.5. The van der Waals surface area contributed by atoms with Crippen LogP contribution in [0.4, 0.5) is 0 Å². The number of carbonyl (C=O) groups is 3. The predicted molar refractivity (Wildman–Crippen MR) is 81.8 cm³/mol. The molecule has 0 amide bonds. The van der Waals surface area contributed by atoms with E-state index in [1.807, 2.05) is 0 Å². The first-order valence-electron chi connectivity index (χ1n) is 7.50. The first-order valence-corrected chi connectivity index (χ1v) is 7.50. The first-order chi connectivity index (χ1) is 10.5. The van der Waals surface area contributed by atoms with E-state index in [-0.39, 0.29) is 24.1 Å². The number of carbonyl (C=O) groups excluding carboxylic acids is 3. The Labute approximate surface area is 130 Å². The third kappa shape index (κ3) is 6.52. The van der Waals surface area contributed by atoms with Gasteiger partial charge in [-0.1, -0.05) is 18.6 Å². The summed E-state index contributed by atoms with van der Waals surface area (Å²) in [4.78, 5) is 34.3. The van der Waals surface area contributed by atoms with Gasteiger partial charge in [-0.2, -0.15) is 0 Å². The van der Waals surface area contributed by atoms with Crippen molar-refractivity contribution in [2.24, 2.45) is 0 Å². The highest BCUT2D eigenvalue weighted by molar-refractivity contribution is 5.97. The minimum atomic E-state index is -0.371. The Balaban J connectivity index is 2.30. The van der Waals surface area contributed by atoms with Crippen LogP contribution in [-0.4, -0.2) is 24.3 Å². The van der Waals surface area contributed by atoms with Gasteiger partial charge >= 0.3 is 11.9 Å². The molecule has 0 atom stereocenters. The summed E-state index contributed by atoms with van der Waals surface area (Å²) in [6.07, 6.45) is 2.71. The minimum Gasteiger partial charge on any atom is -0.466 e. The van der Waals surface area contributed by atoms with Gasteiger partial charge < -0.3 is 9.47 Å². The average molecular weight is 306 g/mol. The molecule has 1 aromatic rings. The quantitative estimate of drug-likeness (QED) is 0.303. The molecule has 0 fully saturated rings. The molecule has 0 saturated carbocycles. The monoisotopic (exact) mass is 306 g/mol. The van der Waals surface area contributed by atoms with Crippen molar-refractivity contribution in [1.82, 2.24) is 0 Å². The second-order valence-corrected chi connectivity index (χ2v) is 4.89. The van der Waals surface area contributed by atoms with Crippen molar-refractivity contribution >= 4 is 17.7 Å². The number of benzene rings is 1. The van der Waals surface area contributed by atoms with Gasteiger partial charge in [0.1, 0.15) is 5.75 Å². The van der Waals surface area contributed by atoms with Crippen LogP contribution in [0, 0.1) is 0 Å². The number of ketones is 1. The van der Waals surface area contributed by atoms with Crippen LogP contribution in [0.15, 0.2) is 24.3 Å². The number of para-hydroxylation sites is 1. The summed E-state index contributed by atoms with van der Waals surface area (Å²) < 4.78 is 10.0. The van der Waals surface area contributed by atoms with Crippen LogP contribution in [0.3, 0.4) is 0 Å². The Morgan fingerprint density at radius 1 is 0.955 bits per heavy atom. The molecular formula is C17H22O5. The number of rotatable bonds is 9. The molecule has 1 aromatic carbocycles. The second kappa shape index (κ2) is 9.71. The zero-order valence-electron chi connectivity index (χ0n) is 13.1. The summed E-state index contributed by atoms with van der Waals surface area (Å²) in [5.74, 6) is -0.422. The van der Waals surface area contributed by atoms with Crippen molar-refractivity contribution in [3.8, 4) is 5.75 Å². The number of hydrogen-bond donors (Lipinski definition) is 0. The lowest BCUT2D eigenvalue weighted by atomic mass is 10.1. The highest BCUT2D eigenvalue weighted by Crippen LogP contribution is 2.19. The number of esters is 2. The molecule has 0 spiro atoms. The Morgan fingerprint density at radius 2 is 1.59 bits per heavy atom. The predicted octanol–water partition coefficient (Wildman–Crippen LogP) is 3.31. The van der Waals surface area contributed by atoms with Gasteiger partial charge in [0, 0.05) is 12.8 Å². The third-order valence-electron chi connectivity index (χ3n) is 3.06.